The van der Waals surface area contributed by atoms with E-state index in [1.807, 2.05) is 0 Å². The fraction of sp³-hybridized carbons (Fsp3) is 0.333. The van der Waals surface area contributed by atoms with Crippen molar-refractivity contribution in [1.82, 2.24) is 20.8 Å². The Labute approximate surface area is 197 Å². The summed E-state index contributed by atoms with van der Waals surface area (Å²) < 4.78 is 56.9. The summed E-state index contributed by atoms with van der Waals surface area (Å²) in [5.74, 6) is -1.84. The van der Waals surface area contributed by atoms with Crippen LogP contribution in [-0.4, -0.2) is 33.7 Å². The van der Waals surface area contributed by atoms with E-state index in [0.29, 0.717) is 22.6 Å². The Morgan fingerprint density at radius 2 is 1.83 bits per heavy atom. The van der Waals surface area contributed by atoms with Crippen LogP contribution in [0.3, 0.4) is 0 Å². The van der Waals surface area contributed by atoms with Crippen LogP contribution in [0.1, 0.15) is 43.7 Å². The monoisotopic (exact) mass is 490 g/mol. The molecular formula is C24H22F4N4O3. The predicted octanol–water partition coefficient (Wildman–Crippen LogP) is 4.63. The summed E-state index contributed by atoms with van der Waals surface area (Å²) in [6.45, 7) is 3.32. The van der Waals surface area contributed by atoms with Crippen molar-refractivity contribution in [2.24, 2.45) is 0 Å². The first-order chi connectivity index (χ1) is 16.5. The predicted molar refractivity (Wildman–Crippen MR) is 117 cm³/mol. The molecule has 0 aliphatic heterocycles. The van der Waals surface area contributed by atoms with E-state index in [-0.39, 0.29) is 24.2 Å². The van der Waals surface area contributed by atoms with Crippen LogP contribution in [0.2, 0.25) is 0 Å². The van der Waals surface area contributed by atoms with Gasteiger partial charge in [-0.05, 0) is 42.5 Å². The molecule has 1 atom stereocenters. The van der Waals surface area contributed by atoms with Crippen LogP contribution >= 0.6 is 0 Å². The molecule has 1 fully saturated rings. The van der Waals surface area contributed by atoms with Crippen molar-refractivity contribution in [1.29, 1.82) is 0 Å². The summed E-state index contributed by atoms with van der Waals surface area (Å²) in [4.78, 5) is 28.4. The summed E-state index contributed by atoms with van der Waals surface area (Å²) in [6.07, 6.45) is -5.74. The quantitative estimate of drug-likeness (QED) is 0.471. The smallest absolute Gasteiger partial charge is 0.348 e. The first kappa shape index (κ1) is 24.4. The molecule has 11 heteroatoms. The Bertz CT molecular complexity index is 1250. The van der Waals surface area contributed by atoms with Crippen LogP contribution in [-0.2, 0) is 9.59 Å². The molecule has 1 saturated carbocycles. The molecule has 0 unspecified atom stereocenters. The van der Waals surface area contributed by atoms with Crippen molar-refractivity contribution in [3.05, 3.63) is 59.7 Å². The second-order valence-electron chi connectivity index (χ2n) is 8.54. The van der Waals surface area contributed by atoms with Gasteiger partial charge in [-0.15, -0.1) is 0 Å². The van der Waals surface area contributed by atoms with Gasteiger partial charge in [0.1, 0.15) is 17.8 Å². The molecule has 2 aromatic carbocycles. The number of halogens is 4. The summed E-state index contributed by atoms with van der Waals surface area (Å²) in [5.41, 5.74) is 0.840. The van der Waals surface area contributed by atoms with Gasteiger partial charge in [-0.1, -0.05) is 41.6 Å². The Morgan fingerprint density at radius 1 is 1.14 bits per heavy atom. The van der Waals surface area contributed by atoms with Gasteiger partial charge < -0.3 is 15.2 Å². The third kappa shape index (κ3) is 5.50. The van der Waals surface area contributed by atoms with E-state index in [2.05, 4.69) is 20.8 Å². The van der Waals surface area contributed by atoms with Gasteiger partial charge in [0.2, 0.25) is 23.5 Å². The Hall–Kier alpha value is -3.76. The average molecular weight is 490 g/mol. The zero-order valence-electron chi connectivity index (χ0n) is 18.9. The van der Waals surface area contributed by atoms with Crippen LogP contribution in [0, 0.1) is 12.7 Å². The molecule has 1 heterocycles. The lowest BCUT2D eigenvalue weighted by molar-refractivity contribution is -0.155. The first-order valence-corrected chi connectivity index (χ1v) is 10.9. The number of aryl methyl sites for hydroxylation is 1. The van der Waals surface area contributed by atoms with E-state index in [9.17, 15) is 27.2 Å². The molecule has 2 N–H and O–H groups in total. The fourth-order valence-electron chi connectivity index (χ4n) is 3.79. The second-order valence-corrected chi connectivity index (χ2v) is 8.54. The molecule has 0 radical (unpaired) electrons. The minimum atomic E-state index is -4.64. The van der Waals surface area contributed by atoms with E-state index in [4.69, 9.17) is 4.52 Å². The van der Waals surface area contributed by atoms with Crippen molar-refractivity contribution in [3.63, 3.8) is 0 Å². The third-order valence-electron chi connectivity index (χ3n) is 5.76. The summed E-state index contributed by atoms with van der Waals surface area (Å²) >= 11 is 0. The number of carbonyl (C=O) groups excluding carboxylic acids is 2. The summed E-state index contributed by atoms with van der Waals surface area (Å²) in [7, 11) is 0. The van der Waals surface area contributed by atoms with E-state index in [0.717, 1.165) is 0 Å². The highest BCUT2D eigenvalue weighted by molar-refractivity contribution is 5.94. The number of alkyl halides is 3. The molecule has 0 saturated heterocycles. The van der Waals surface area contributed by atoms with Gasteiger partial charge in [0, 0.05) is 6.92 Å². The highest BCUT2D eigenvalue weighted by Gasteiger charge is 2.52. The summed E-state index contributed by atoms with van der Waals surface area (Å²) in [5, 5.41) is 8.78. The maximum atomic E-state index is 14.6. The number of rotatable bonds is 7. The molecule has 0 spiro atoms. The lowest BCUT2D eigenvalue weighted by Gasteiger charge is -2.21. The van der Waals surface area contributed by atoms with Gasteiger partial charge in [-0.3, -0.25) is 9.59 Å². The average Bonchev–Trinajstić information content (AvgIpc) is 3.43. The van der Waals surface area contributed by atoms with Gasteiger partial charge >= 0.3 is 6.18 Å². The van der Waals surface area contributed by atoms with Crippen molar-refractivity contribution in [2.75, 3.05) is 0 Å². The maximum absolute atomic E-state index is 14.6. The number of hydrogen-bond acceptors (Lipinski definition) is 5. The van der Waals surface area contributed by atoms with Gasteiger partial charge in [0.05, 0.1) is 11.6 Å². The molecule has 1 aromatic heterocycles. The fourth-order valence-corrected chi connectivity index (χ4v) is 3.79. The number of aromatic nitrogens is 2. The highest BCUT2D eigenvalue weighted by atomic mass is 19.4. The molecule has 184 valence electrons. The zero-order valence-corrected chi connectivity index (χ0v) is 18.9. The number of benzene rings is 2. The van der Waals surface area contributed by atoms with Gasteiger partial charge in [-0.25, -0.2) is 4.39 Å². The molecule has 2 amide bonds. The number of carbonyl (C=O) groups is 2. The zero-order chi connectivity index (χ0) is 25.4. The topological polar surface area (TPSA) is 97.1 Å². The maximum Gasteiger partial charge on any atom is 0.397 e. The minimum absolute atomic E-state index is 0.127. The second kappa shape index (κ2) is 9.12. The van der Waals surface area contributed by atoms with Crippen molar-refractivity contribution >= 4 is 11.8 Å². The van der Waals surface area contributed by atoms with Crippen molar-refractivity contribution in [2.45, 2.75) is 50.9 Å². The van der Waals surface area contributed by atoms with Crippen LogP contribution < -0.4 is 10.6 Å². The van der Waals surface area contributed by atoms with Crippen LogP contribution in [0.25, 0.3) is 22.5 Å². The van der Waals surface area contributed by atoms with Crippen molar-refractivity contribution in [3.8, 4) is 22.5 Å². The van der Waals surface area contributed by atoms with Crippen LogP contribution in [0.5, 0.6) is 0 Å². The number of nitrogens with zero attached hydrogens (tertiary/aromatic N) is 2. The van der Waals surface area contributed by atoms with Crippen LogP contribution in [0.15, 0.2) is 47.0 Å². The lowest BCUT2D eigenvalue weighted by atomic mass is 9.96. The largest absolute Gasteiger partial charge is 0.397 e. The number of nitrogens with one attached hydrogen (secondary N) is 2. The number of amides is 2. The summed E-state index contributed by atoms with van der Waals surface area (Å²) in [6, 6.07) is 11.1. The first-order valence-electron chi connectivity index (χ1n) is 10.9. The van der Waals surface area contributed by atoms with Crippen LogP contribution in [0.4, 0.5) is 17.6 Å². The van der Waals surface area contributed by atoms with E-state index < -0.39 is 41.8 Å². The van der Waals surface area contributed by atoms with Gasteiger partial charge in [0.25, 0.3) is 0 Å². The molecule has 7 nitrogen and oxygen atoms in total. The molecule has 4 rings (SSSR count). The molecular weight excluding hydrogens is 468 g/mol. The highest BCUT2D eigenvalue weighted by Crippen LogP contribution is 2.37. The third-order valence-corrected chi connectivity index (χ3v) is 5.76. The SMILES string of the molecule is Cc1nc(-c2c(F)cccc2-c2ccc([C@@H](C)NC(=O)C3(NC(=O)CC(F)(F)F)CC3)cc2)no1. The van der Waals surface area contributed by atoms with E-state index in [1.54, 1.807) is 50.2 Å². The molecule has 1 aliphatic rings. The molecule has 1 aliphatic carbocycles. The van der Waals surface area contributed by atoms with E-state index >= 15 is 0 Å². The minimum Gasteiger partial charge on any atom is -0.348 e. The van der Waals surface area contributed by atoms with Gasteiger partial charge in [0.15, 0.2) is 0 Å². The molecule has 35 heavy (non-hydrogen) atoms. The molecule has 0 bridgehead atoms. The molecule has 3 aromatic rings. The van der Waals surface area contributed by atoms with Gasteiger partial charge in [-0.2, -0.15) is 18.2 Å². The van der Waals surface area contributed by atoms with Crippen molar-refractivity contribution < 1.29 is 31.7 Å². The lowest BCUT2D eigenvalue weighted by Crippen LogP contribution is -2.50. The number of hydrogen-bond donors (Lipinski definition) is 2. The Balaban J connectivity index is 1.47. The Kier molecular flexibility index (Phi) is 6.35. The van der Waals surface area contributed by atoms with E-state index in [1.165, 1.54) is 6.07 Å². The Morgan fingerprint density at radius 3 is 2.40 bits per heavy atom. The normalized spacial score (nSPS) is 15.4. The standard InChI is InChI=1S/C24H22F4N4O3/c1-13(29-22(34)23(10-11-23)31-19(33)12-24(26,27)28)15-6-8-16(9-7-15)17-4-3-5-18(25)20(17)21-30-14(2)35-32-21/h3-9,13H,10-12H2,1-2H3,(H,29,34)(H,31,33)/t13-/m1/s1.